The van der Waals surface area contributed by atoms with Gasteiger partial charge < -0.3 is 14.3 Å². The zero-order chi connectivity index (χ0) is 9.97. The van der Waals surface area contributed by atoms with E-state index in [1.807, 2.05) is 0 Å². The van der Waals surface area contributed by atoms with Gasteiger partial charge in [-0.3, -0.25) is 0 Å². The Balaban J connectivity index is 2.11. The lowest BCUT2D eigenvalue weighted by Gasteiger charge is -2.19. The topological polar surface area (TPSA) is 72.6 Å². The van der Waals surface area contributed by atoms with Gasteiger partial charge in [0.15, 0.2) is 0 Å². The summed E-state index contributed by atoms with van der Waals surface area (Å²) in [5, 5.41) is 8.62. The van der Waals surface area contributed by atoms with E-state index in [4.69, 9.17) is 14.3 Å². The molecule has 0 atom stereocenters. The van der Waals surface area contributed by atoms with Crippen LogP contribution in [0.2, 0.25) is 0 Å². The number of ether oxygens (including phenoxy) is 1. The molecule has 1 fully saturated rings. The number of oxazole rings is 1. The van der Waals surface area contributed by atoms with Gasteiger partial charge in [0.1, 0.15) is 5.76 Å². The van der Waals surface area contributed by atoms with E-state index in [-0.39, 0.29) is 11.8 Å². The van der Waals surface area contributed by atoms with E-state index >= 15 is 0 Å². The van der Waals surface area contributed by atoms with Crippen molar-refractivity contribution in [3.05, 3.63) is 17.8 Å². The first-order valence-corrected chi connectivity index (χ1v) is 4.54. The molecule has 0 bridgehead atoms. The van der Waals surface area contributed by atoms with Gasteiger partial charge in [-0.15, -0.1) is 0 Å². The first-order valence-electron chi connectivity index (χ1n) is 4.54. The Kier molecular flexibility index (Phi) is 2.49. The molecule has 1 aromatic heterocycles. The maximum absolute atomic E-state index is 10.5. The minimum Gasteiger partial charge on any atom is -0.474 e. The molecule has 1 aromatic rings. The van der Waals surface area contributed by atoms with Crippen LogP contribution in [0.5, 0.6) is 0 Å². The van der Waals surface area contributed by atoms with Crippen molar-refractivity contribution in [2.24, 2.45) is 0 Å². The van der Waals surface area contributed by atoms with Gasteiger partial charge in [0.25, 0.3) is 0 Å². The molecule has 5 heteroatoms. The molecule has 1 N–H and O–H groups in total. The van der Waals surface area contributed by atoms with Crippen molar-refractivity contribution in [2.45, 2.75) is 18.8 Å². The number of rotatable bonds is 2. The quantitative estimate of drug-likeness (QED) is 0.772. The fraction of sp³-hybridized carbons (Fsp3) is 0.556. The summed E-state index contributed by atoms with van der Waals surface area (Å²) in [6, 6.07) is 0. The SMILES string of the molecule is O=C(O)c1ncc(C2CCOCC2)o1. The number of aromatic carboxylic acids is 1. The summed E-state index contributed by atoms with van der Waals surface area (Å²) < 4.78 is 10.3. The first kappa shape index (κ1) is 9.21. The zero-order valence-electron chi connectivity index (χ0n) is 7.60. The Labute approximate surface area is 80.7 Å². The van der Waals surface area contributed by atoms with Crippen LogP contribution in [0.25, 0.3) is 0 Å². The van der Waals surface area contributed by atoms with E-state index < -0.39 is 5.97 Å². The molecule has 0 aliphatic carbocycles. The van der Waals surface area contributed by atoms with Crippen LogP contribution in [0.4, 0.5) is 0 Å². The summed E-state index contributed by atoms with van der Waals surface area (Å²) in [6.45, 7) is 1.40. The van der Waals surface area contributed by atoms with Gasteiger partial charge in [0, 0.05) is 19.1 Å². The molecule has 1 aliphatic rings. The summed E-state index contributed by atoms with van der Waals surface area (Å²) in [6.07, 6.45) is 3.24. The van der Waals surface area contributed by atoms with Crippen LogP contribution in [0.15, 0.2) is 10.6 Å². The Morgan fingerprint density at radius 2 is 2.21 bits per heavy atom. The molecule has 1 aliphatic heterocycles. The number of carboxylic acids is 1. The molecule has 14 heavy (non-hydrogen) atoms. The van der Waals surface area contributed by atoms with Crippen molar-refractivity contribution < 1.29 is 19.1 Å². The second-order valence-electron chi connectivity index (χ2n) is 3.26. The number of nitrogens with zero attached hydrogens (tertiary/aromatic N) is 1. The van der Waals surface area contributed by atoms with Crippen molar-refractivity contribution in [3.8, 4) is 0 Å². The van der Waals surface area contributed by atoms with Crippen molar-refractivity contribution in [1.29, 1.82) is 0 Å². The van der Waals surface area contributed by atoms with Gasteiger partial charge in [-0.25, -0.2) is 9.78 Å². The van der Waals surface area contributed by atoms with E-state index in [2.05, 4.69) is 4.98 Å². The van der Waals surface area contributed by atoms with Gasteiger partial charge >= 0.3 is 11.9 Å². The normalized spacial score (nSPS) is 18.3. The van der Waals surface area contributed by atoms with E-state index in [0.717, 1.165) is 12.8 Å². The summed E-state index contributed by atoms with van der Waals surface area (Å²) in [5.74, 6) is -0.440. The highest BCUT2D eigenvalue weighted by Gasteiger charge is 2.21. The van der Waals surface area contributed by atoms with E-state index in [1.165, 1.54) is 6.20 Å². The number of hydrogen-bond donors (Lipinski definition) is 1. The number of carboxylic acid groups (broad SMARTS) is 1. The molecule has 1 saturated heterocycles. The van der Waals surface area contributed by atoms with E-state index in [0.29, 0.717) is 19.0 Å². The first-order chi connectivity index (χ1) is 6.77. The molecule has 0 amide bonds. The minimum absolute atomic E-state index is 0.230. The fourth-order valence-corrected chi connectivity index (χ4v) is 1.56. The predicted molar refractivity (Wildman–Crippen MR) is 46.3 cm³/mol. The van der Waals surface area contributed by atoms with Crippen molar-refractivity contribution in [1.82, 2.24) is 4.98 Å². The molecule has 0 spiro atoms. The standard InChI is InChI=1S/C9H11NO4/c11-9(12)8-10-5-7(14-8)6-1-3-13-4-2-6/h5-6H,1-4H2,(H,11,12). The van der Waals surface area contributed by atoms with Gasteiger partial charge in [0.2, 0.25) is 0 Å². The lowest BCUT2D eigenvalue weighted by molar-refractivity contribution is 0.0640. The molecule has 2 heterocycles. The Morgan fingerprint density at radius 3 is 2.79 bits per heavy atom. The Hall–Kier alpha value is -1.36. The largest absolute Gasteiger partial charge is 0.474 e. The Bertz CT molecular complexity index is 327. The molecule has 5 nitrogen and oxygen atoms in total. The average Bonchev–Trinajstić information content (AvgIpc) is 2.68. The summed E-state index contributed by atoms with van der Waals surface area (Å²) >= 11 is 0. The van der Waals surface area contributed by atoms with Gasteiger partial charge in [-0.1, -0.05) is 0 Å². The molecule has 0 unspecified atom stereocenters. The smallest absolute Gasteiger partial charge is 0.392 e. The zero-order valence-corrected chi connectivity index (χ0v) is 7.60. The third kappa shape index (κ3) is 1.77. The third-order valence-electron chi connectivity index (χ3n) is 2.33. The average molecular weight is 197 g/mol. The summed E-state index contributed by atoms with van der Waals surface area (Å²) in [4.78, 5) is 14.2. The van der Waals surface area contributed by atoms with E-state index in [9.17, 15) is 4.79 Å². The molecular weight excluding hydrogens is 186 g/mol. The number of aromatic nitrogens is 1. The van der Waals surface area contributed by atoms with Crippen LogP contribution >= 0.6 is 0 Å². The van der Waals surface area contributed by atoms with Gasteiger partial charge in [-0.05, 0) is 12.8 Å². The number of carbonyl (C=O) groups is 1. The van der Waals surface area contributed by atoms with E-state index in [1.54, 1.807) is 0 Å². The van der Waals surface area contributed by atoms with Crippen LogP contribution in [0.3, 0.4) is 0 Å². The molecule has 0 saturated carbocycles. The second-order valence-corrected chi connectivity index (χ2v) is 3.26. The van der Waals surface area contributed by atoms with Crippen molar-refractivity contribution in [3.63, 3.8) is 0 Å². The van der Waals surface area contributed by atoms with Crippen molar-refractivity contribution >= 4 is 5.97 Å². The Morgan fingerprint density at radius 1 is 1.50 bits per heavy atom. The summed E-state index contributed by atoms with van der Waals surface area (Å²) in [5.41, 5.74) is 0. The van der Waals surface area contributed by atoms with Crippen molar-refractivity contribution in [2.75, 3.05) is 13.2 Å². The van der Waals surface area contributed by atoms with Crippen LogP contribution in [0, 0.1) is 0 Å². The highest BCUT2D eigenvalue weighted by molar-refractivity contribution is 5.81. The lowest BCUT2D eigenvalue weighted by atomic mass is 9.98. The fourth-order valence-electron chi connectivity index (χ4n) is 1.56. The highest BCUT2D eigenvalue weighted by atomic mass is 16.5. The van der Waals surface area contributed by atoms with Crippen LogP contribution in [-0.2, 0) is 4.74 Å². The highest BCUT2D eigenvalue weighted by Crippen LogP contribution is 2.27. The minimum atomic E-state index is -1.12. The van der Waals surface area contributed by atoms with Gasteiger partial charge in [-0.2, -0.15) is 0 Å². The monoisotopic (exact) mass is 197 g/mol. The maximum Gasteiger partial charge on any atom is 0.392 e. The molecule has 0 radical (unpaired) electrons. The summed E-state index contributed by atoms with van der Waals surface area (Å²) in [7, 11) is 0. The molecule has 0 aromatic carbocycles. The maximum atomic E-state index is 10.5. The lowest BCUT2D eigenvalue weighted by Crippen LogP contribution is -2.13. The molecule has 2 rings (SSSR count). The second kappa shape index (κ2) is 3.79. The van der Waals surface area contributed by atoms with Crippen LogP contribution in [-0.4, -0.2) is 29.3 Å². The van der Waals surface area contributed by atoms with Crippen LogP contribution in [0.1, 0.15) is 35.2 Å². The molecular formula is C9H11NO4. The predicted octanol–water partition coefficient (Wildman–Crippen LogP) is 1.27. The molecule has 76 valence electrons. The number of hydrogen-bond acceptors (Lipinski definition) is 4. The third-order valence-corrected chi connectivity index (χ3v) is 2.33. The van der Waals surface area contributed by atoms with Gasteiger partial charge in [0.05, 0.1) is 6.20 Å². The van der Waals surface area contributed by atoms with Crippen LogP contribution < -0.4 is 0 Å².